The van der Waals surface area contributed by atoms with E-state index in [0.29, 0.717) is 17.7 Å². The third kappa shape index (κ3) is 2.71. The summed E-state index contributed by atoms with van der Waals surface area (Å²) in [5, 5.41) is 10.0. The molecule has 1 rings (SSSR count). The Morgan fingerprint density at radius 3 is 2.56 bits per heavy atom. The smallest absolute Gasteiger partial charge is 0.124 e. The number of methoxy groups -OCH3 is 2. The molecule has 0 amide bonds. The van der Waals surface area contributed by atoms with Gasteiger partial charge in [-0.3, -0.25) is 0 Å². The van der Waals surface area contributed by atoms with E-state index >= 15 is 0 Å². The topological polar surface area (TPSA) is 38.7 Å². The third-order valence-electron chi connectivity index (χ3n) is 2.57. The van der Waals surface area contributed by atoms with E-state index in [9.17, 15) is 9.50 Å². The summed E-state index contributed by atoms with van der Waals surface area (Å²) in [5.74, 6) is 0.0604. The first kappa shape index (κ1) is 12.9. The molecule has 0 aliphatic heterocycles. The van der Waals surface area contributed by atoms with E-state index in [4.69, 9.17) is 9.47 Å². The van der Waals surface area contributed by atoms with E-state index in [2.05, 4.69) is 0 Å². The molecule has 1 N–H and O–H groups in total. The highest BCUT2D eigenvalue weighted by molar-refractivity contribution is 5.36. The molecule has 0 heterocycles. The normalized spacial score (nSPS) is 14.6. The van der Waals surface area contributed by atoms with Crippen LogP contribution < -0.4 is 4.74 Å². The second kappa shape index (κ2) is 5.82. The Kier molecular flexibility index (Phi) is 4.71. The van der Waals surface area contributed by atoms with E-state index in [0.717, 1.165) is 0 Å². The molecule has 0 fully saturated rings. The molecule has 2 unspecified atom stereocenters. The number of benzene rings is 1. The van der Waals surface area contributed by atoms with Crippen LogP contribution in [0.15, 0.2) is 18.2 Å². The van der Waals surface area contributed by atoms with Crippen molar-refractivity contribution in [2.24, 2.45) is 0 Å². The first-order valence-electron chi connectivity index (χ1n) is 5.18. The number of halogens is 1. The lowest BCUT2D eigenvalue weighted by Gasteiger charge is -2.22. The number of ether oxygens (including phenoxy) is 2. The van der Waals surface area contributed by atoms with Crippen LogP contribution in [0.3, 0.4) is 0 Å². The van der Waals surface area contributed by atoms with Crippen molar-refractivity contribution in [2.75, 3.05) is 14.2 Å². The summed E-state index contributed by atoms with van der Waals surface area (Å²) in [6, 6.07) is 4.06. The van der Waals surface area contributed by atoms with Crippen LogP contribution in [0.1, 0.15) is 25.0 Å². The maximum atomic E-state index is 13.1. The average molecular weight is 228 g/mol. The zero-order chi connectivity index (χ0) is 12.1. The standard InChI is InChI=1S/C12H17FO3/c1-4-10(15-2)12(14)9-7-8(13)5-6-11(9)16-3/h5-7,10,12,14H,4H2,1-3H3. The lowest BCUT2D eigenvalue weighted by molar-refractivity contribution is -0.0159. The van der Waals surface area contributed by atoms with Gasteiger partial charge >= 0.3 is 0 Å². The quantitative estimate of drug-likeness (QED) is 0.840. The fourth-order valence-corrected chi connectivity index (χ4v) is 1.66. The maximum absolute atomic E-state index is 13.1. The summed E-state index contributed by atoms with van der Waals surface area (Å²) < 4.78 is 23.3. The molecule has 0 aliphatic carbocycles. The van der Waals surface area contributed by atoms with Crippen LogP contribution in [0, 0.1) is 5.82 Å². The Bertz CT molecular complexity index is 337. The van der Waals surface area contributed by atoms with Gasteiger partial charge in [0.1, 0.15) is 17.7 Å². The fourth-order valence-electron chi connectivity index (χ4n) is 1.66. The molecule has 90 valence electrons. The molecule has 0 aromatic heterocycles. The molecule has 0 bridgehead atoms. The molecular weight excluding hydrogens is 211 g/mol. The molecule has 0 saturated carbocycles. The van der Waals surface area contributed by atoms with Crippen molar-refractivity contribution < 1.29 is 19.0 Å². The van der Waals surface area contributed by atoms with Gasteiger partial charge in [0, 0.05) is 12.7 Å². The summed E-state index contributed by atoms with van der Waals surface area (Å²) >= 11 is 0. The SMILES string of the molecule is CCC(OC)C(O)c1cc(F)ccc1OC. The molecule has 0 radical (unpaired) electrons. The summed E-state index contributed by atoms with van der Waals surface area (Å²) in [4.78, 5) is 0. The molecule has 0 aliphatic rings. The molecule has 2 atom stereocenters. The largest absolute Gasteiger partial charge is 0.496 e. The molecular formula is C12H17FO3. The van der Waals surface area contributed by atoms with Crippen LogP contribution in [0.2, 0.25) is 0 Å². The Balaban J connectivity index is 3.04. The zero-order valence-electron chi connectivity index (χ0n) is 9.74. The van der Waals surface area contributed by atoms with Crippen LogP contribution >= 0.6 is 0 Å². The van der Waals surface area contributed by atoms with Gasteiger partial charge in [-0.05, 0) is 24.6 Å². The number of hydrogen-bond acceptors (Lipinski definition) is 3. The van der Waals surface area contributed by atoms with Gasteiger partial charge in [0.05, 0.1) is 13.2 Å². The predicted octanol–water partition coefficient (Wildman–Crippen LogP) is 2.29. The molecule has 4 heteroatoms. The Morgan fingerprint density at radius 2 is 2.06 bits per heavy atom. The molecule has 1 aromatic rings. The van der Waals surface area contributed by atoms with E-state index < -0.39 is 11.9 Å². The average Bonchev–Trinajstić information content (AvgIpc) is 2.30. The monoisotopic (exact) mass is 228 g/mol. The lowest BCUT2D eigenvalue weighted by Crippen LogP contribution is -2.20. The number of hydrogen-bond donors (Lipinski definition) is 1. The number of aliphatic hydroxyl groups is 1. The Hall–Kier alpha value is -1.13. The van der Waals surface area contributed by atoms with Gasteiger partial charge in [-0.1, -0.05) is 6.92 Å². The molecule has 3 nitrogen and oxygen atoms in total. The van der Waals surface area contributed by atoms with Crippen LogP contribution in [0.25, 0.3) is 0 Å². The lowest BCUT2D eigenvalue weighted by atomic mass is 10.0. The second-order valence-electron chi connectivity index (χ2n) is 3.51. The van der Waals surface area contributed by atoms with E-state index in [1.807, 2.05) is 6.92 Å². The highest BCUT2D eigenvalue weighted by Crippen LogP contribution is 2.30. The highest BCUT2D eigenvalue weighted by atomic mass is 19.1. The summed E-state index contributed by atoms with van der Waals surface area (Å²) in [7, 11) is 3.00. The van der Waals surface area contributed by atoms with Gasteiger partial charge in [-0.15, -0.1) is 0 Å². The zero-order valence-corrected chi connectivity index (χ0v) is 9.74. The molecule has 0 saturated heterocycles. The van der Waals surface area contributed by atoms with Crippen molar-refractivity contribution in [1.29, 1.82) is 0 Å². The van der Waals surface area contributed by atoms with Crippen molar-refractivity contribution in [3.63, 3.8) is 0 Å². The maximum Gasteiger partial charge on any atom is 0.124 e. The molecule has 0 spiro atoms. The third-order valence-corrected chi connectivity index (χ3v) is 2.57. The van der Waals surface area contributed by atoms with Crippen LogP contribution in [0.5, 0.6) is 5.75 Å². The van der Waals surface area contributed by atoms with E-state index in [-0.39, 0.29) is 6.10 Å². The number of aliphatic hydroxyl groups excluding tert-OH is 1. The van der Waals surface area contributed by atoms with Gasteiger partial charge < -0.3 is 14.6 Å². The minimum absolute atomic E-state index is 0.365. The summed E-state index contributed by atoms with van der Waals surface area (Å²) in [5.41, 5.74) is 0.413. The minimum atomic E-state index is -0.888. The molecule has 16 heavy (non-hydrogen) atoms. The first-order chi connectivity index (χ1) is 7.63. The van der Waals surface area contributed by atoms with Crippen molar-refractivity contribution >= 4 is 0 Å². The van der Waals surface area contributed by atoms with Crippen LogP contribution in [-0.4, -0.2) is 25.4 Å². The predicted molar refractivity (Wildman–Crippen MR) is 59.0 cm³/mol. The number of rotatable bonds is 5. The van der Waals surface area contributed by atoms with Gasteiger partial charge in [-0.25, -0.2) is 4.39 Å². The van der Waals surface area contributed by atoms with Crippen LogP contribution in [-0.2, 0) is 4.74 Å². The highest BCUT2D eigenvalue weighted by Gasteiger charge is 2.22. The van der Waals surface area contributed by atoms with Crippen molar-refractivity contribution in [3.8, 4) is 5.75 Å². The first-order valence-corrected chi connectivity index (χ1v) is 5.18. The fraction of sp³-hybridized carbons (Fsp3) is 0.500. The van der Waals surface area contributed by atoms with Gasteiger partial charge in [0.25, 0.3) is 0 Å². The minimum Gasteiger partial charge on any atom is -0.496 e. The van der Waals surface area contributed by atoms with E-state index in [1.165, 1.54) is 32.4 Å². The summed E-state index contributed by atoms with van der Waals surface area (Å²) in [6.45, 7) is 1.89. The van der Waals surface area contributed by atoms with E-state index in [1.54, 1.807) is 0 Å². The second-order valence-corrected chi connectivity index (χ2v) is 3.51. The summed E-state index contributed by atoms with van der Waals surface area (Å²) in [6.07, 6.45) is -0.617. The van der Waals surface area contributed by atoms with Crippen molar-refractivity contribution in [1.82, 2.24) is 0 Å². The molecule has 1 aromatic carbocycles. The van der Waals surface area contributed by atoms with Crippen molar-refractivity contribution in [2.45, 2.75) is 25.6 Å². The van der Waals surface area contributed by atoms with Gasteiger partial charge in [-0.2, -0.15) is 0 Å². The van der Waals surface area contributed by atoms with Crippen molar-refractivity contribution in [3.05, 3.63) is 29.6 Å². The Labute approximate surface area is 94.8 Å². The van der Waals surface area contributed by atoms with Gasteiger partial charge in [0.2, 0.25) is 0 Å². The van der Waals surface area contributed by atoms with Crippen LogP contribution in [0.4, 0.5) is 4.39 Å². The Morgan fingerprint density at radius 1 is 1.38 bits per heavy atom. The van der Waals surface area contributed by atoms with Gasteiger partial charge in [0.15, 0.2) is 0 Å².